The smallest absolute Gasteiger partial charge is 0.231 e. The minimum absolute atomic E-state index is 0.0863. The van der Waals surface area contributed by atoms with Gasteiger partial charge in [-0.1, -0.05) is 53.5 Å². The van der Waals surface area contributed by atoms with E-state index in [9.17, 15) is 4.79 Å². The standard InChI is InChI=1S/C19H16Cl2N4O/c1-12(26)24-17(13-6-8-14(20)9-7-13)10-18(25-19(24)22-11-23-25)15-4-2-3-5-16(15)21/h2-9,11,17-18H,10H2,1H3/t17-,18+/m1/s1. The van der Waals surface area contributed by atoms with Crippen LogP contribution in [-0.2, 0) is 4.79 Å². The third-order valence-electron chi connectivity index (χ3n) is 4.68. The Labute approximate surface area is 161 Å². The van der Waals surface area contributed by atoms with Crippen LogP contribution in [0.2, 0.25) is 10.0 Å². The first kappa shape index (κ1) is 17.1. The number of amides is 1. The first-order chi connectivity index (χ1) is 12.6. The van der Waals surface area contributed by atoms with Crippen molar-refractivity contribution in [2.24, 2.45) is 0 Å². The maximum atomic E-state index is 12.4. The summed E-state index contributed by atoms with van der Waals surface area (Å²) in [6.07, 6.45) is 2.11. The highest BCUT2D eigenvalue weighted by molar-refractivity contribution is 6.31. The van der Waals surface area contributed by atoms with Gasteiger partial charge < -0.3 is 0 Å². The van der Waals surface area contributed by atoms with Gasteiger partial charge in [-0.25, -0.2) is 4.68 Å². The average molecular weight is 387 g/mol. The molecule has 1 aliphatic rings. The minimum atomic E-state index is -0.178. The molecule has 26 heavy (non-hydrogen) atoms. The van der Waals surface area contributed by atoms with Crippen LogP contribution in [0.15, 0.2) is 54.9 Å². The van der Waals surface area contributed by atoms with Crippen LogP contribution >= 0.6 is 23.2 Å². The molecular formula is C19H16Cl2N4O. The van der Waals surface area contributed by atoms with Crippen molar-refractivity contribution in [2.45, 2.75) is 25.4 Å². The Morgan fingerprint density at radius 3 is 2.50 bits per heavy atom. The van der Waals surface area contributed by atoms with Crippen molar-refractivity contribution in [1.82, 2.24) is 14.8 Å². The zero-order valence-electron chi connectivity index (χ0n) is 14.0. The molecule has 0 spiro atoms. The third-order valence-corrected chi connectivity index (χ3v) is 5.28. The number of nitrogens with zero attached hydrogens (tertiary/aromatic N) is 4. The highest BCUT2D eigenvalue weighted by atomic mass is 35.5. The molecule has 0 saturated carbocycles. The molecule has 1 aliphatic heterocycles. The topological polar surface area (TPSA) is 51.0 Å². The van der Waals surface area contributed by atoms with Crippen LogP contribution < -0.4 is 4.90 Å². The molecule has 2 heterocycles. The van der Waals surface area contributed by atoms with Gasteiger partial charge in [-0.2, -0.15) is 10.1 Å². The molecule has 5 nitrogen and oxygen atoms in total. The van der Waals surface area contributed by atoms with E-state index in [-0.39, 0.29) is 18.0 Å². The van der Waals surface area contributed by atoms with Gasteiger partial charge in [0.2, 0.25) is 11.9 Å². The predicted octanol–water partition coefficient (Wildman–Crippen LogP) is 4.67. The lowest BCUT2D eigenvalue weighted by molar-refractivity contribution is -0.117. The lowest BCUT2D eigenvalue weighted by atomic mass is 9.92. The summed E-state index contributed by atoms with van der Waals surface area (Å²) in [5, 5.41) is 5.69. The molecule has 4 rings (SSSR count). The summed E-state index contributed by atoms with van der Waals surface area (Å²) in [7, 11) is 0. The molecule has 1 aromatic heterocycles. The summed E-state index contributed by atoms with van der Waals surface area (Å²) in [5.74, 6) is 0.436. The Kier molecular flexibility index (Phi) is 4.42. The molecule has 0 N–H and O–H groups in total. The molecule has 2 atom stereocenters. The largest absolute Gasteiger partial charge is 0.275 e. The van der Waals surface area contributed by atoms with E-state index < -0.39 is 0 Å². The molecule has 0 radical (unpaired) electrons. The van der Waals surface area contributed by atoms with Crippen molar-refractivity contribution in [3.8, 4) is 0 Å². The Hall–Kier alpha value is -2.37. The number of carbonyl (C=O) groups is 1. The highest BCUT2D eigenvalue weighted by Gasteiger charge is 2.38. The summed E-state index contributed by atoms with van der Waals surface area (Å²) in [6.45, 7) is 1.54. The first-order valence-corrected chi connectivity index (χ1v) is 9.01. The fourth-order valence-corrected chi connectivity index (χ4v) is 3.91. The monoisotopic (exact) mass is 386 g/mol. The quantitative estimate of drug-likeness (QED) is 0.642. The van der Waals surface area contributed by atoms with Crippen LogP contribution in [0.25, 0.3) is 0 Å². The van der Waals surface area contributed by atoms with E-state index in [1.54, 1.807) is 9.58 Å². The van der Waals surface area contributed by atoms with Gasteiger partial charge in [0.05, 0.1) is 12.1 Å². The van der Waals surface area contributed by atoms with Crippen molar-refractivity contribution in [3.05, 3.63) is 76.0 Å². The van der Waals surface area contributed by atoms with Crippen LogP contribution in [0.4, 0.5) is 5.95 Å². The van der Waals surface area contributed by atoms with E-state index in [1.807, 2.05) is 48.5 Å². The maximum Gasteiger partial charge on any atom is 0.231 e. The molecule has 7 heteroatoms. The van der Waals surface area contributed by atoms with E-state index >= 15 is 0 Å². The minimum Gasteiger partial charge on any atom is -0.275 e. The van der Waals surface area contributed by atoms with Gasteiger partial charge in [0, 0.05) is 17.0 Å². The second-order valence-electron chi connectivity index (χ2n) is 6.23. The molecule has 0 unspecified atom stereocenters. The SMILES string of the molecule is CC(=O)N1c2ncnn2[C@H](c2ccccc2Cl)C[C@@H]1c1ccc(Cl)cc1. The molecule has 0 fully saturated rings. The number of carbonyl (C=O) groups excluding carboxylic acids is 1. The Bertz CT molecular complexity index is 954. The van der Waals surface area contributed by atoms with E-state index in [0.717, 1.165) is 11.1 Å². The first-order valence-electron chi connectivity index (χ1n) is 8.25. The van der Waals surface area contributed by atoms with E-state index in [0.29, 0.717) is 22.4 Å². The predicted molar refractivity (Wildman–Crippen MR) is 102 cm³/mol. The normalized spacial score (nSPS) is 19.3. The van der Waals surface area contributed by atoms with E-state index in [2.05, 4.69) is 10.1 Å². The highest BCUT2D eigenvalue weighted by Crippen LogP contribution is 2.43. The van der Waals surface area contributed by atoms with Crippen LogP contribution in [0.1, 0.15) is 36.6 Å². The van der Waals surface area contributed by atoms with Crippen LogP contribution in [0.5, 0.6) is 0 Å². The molecular weight excluding hydrogens is 371 g/mol. The number of hydrogen-bond acceptors (Lipinski definition) is 3. The summed E-state index contributed by atoms with van der Waals surface area (Å²) in [5.41, 5.74) is 1.96. The Morgan fingerprint density at radius 1 is 1.08 bits per heavy atom. The third kappa shape index (κ3) is 2.87. The molecule has 2 aromatic carbocycles. The zero-order chi connectivity index (χ0) is 18.3. The number of aromatic nitrogens is 3. The van der Waals surface area contributed by atoms with Gasteiger partial charge >= 0.3 is 0 Å². The number of anilines is 1. The van der Waals surface area contributed by atoms with Crippen molar-refractivity contribution in [1.29, 1.82) is 0 Å². The van der Waals surface area contributed by atoms with Gasteiger partial charge in [-0.15, -0.1) is 0 Å². The molecule has 3 aromatic rings. The lowest BCUT2D eigenvalue weighted by Crippen LogP contribution is -2.41. The molecule has 0 saturated heterocycles. The van der Waals surface area contributed by atoms with Crippen LogP contribution in [0, 0.1) is 0 Å². The van der Waals surface area contributed by atoms with Gasteiger partial charge in [0.25, 0.3) is 0 Å². The Balaban J connectivity index is 1.86. The maximum absolute atomic E-state index is 12.4. The summed E-state index contributed by atoms with van der Waals surface area (Å²) in [6, 6.07) is 15.0. The van der Waals surface area contributed by atoms with Gasteiger partial charge in [0.15, 0.2) is 0 Å². The molecule has 0 aliphatic carbocycles. The lowest BCUT2D eigenvalue weighted by Gasteiger charge is -2.38. The number of fused-ring (bicyclic) bond motifs is 1. The number of hydrogen-bond donors (Lipinski definition) is 0. The van der Waals surface area contributed by atoms with Crippen LogP contribution in [-0.4, -0.2) is 20.7 Å². The van der Waals surface area contributed by atoms with E-state index in [4.69, 9.17) is 23.2 Å². The summed E-state index contributed by atoms with van der Waals surface area (Å²) >= 11 is 12.5. The fraction of sp³-hybridized carbons (Fsp3) is 0.211. The number of rotatable bonds is 2. The van der Waals surface area contributed by atoms with Crippen molar-refractivity contribution in [2.75, 3.05) is 4.90 Å². The van der Waals surface area contributed by atoms with Crippen molar-refractivity contribution in [3.63, 3.8) is 0 Å². The molecule has 0 bridgehead atoms. The second kappa shape index (κ2) is 6.74. The van der Waals surface area contributed by atoms with Gasteiger partial charge in [0.1, 0.15) is 6.33 Å². The van der Waals surface area contributed by atoms with Gasteiger partial charge in [-0.05, 0) is 35.7 Å². The van der Waals surface area contributed by atoms with Crippen molar-refractivity contribution < 1.29 is 4.79 Å². The average Bonchev–Trinajstić information content (AvgIpc) is 3.11. The number of benzene rings is 2. The summed E-state index contributed by atoms with van der Waals surface area (Å²) in [4.78, 5) is 18.4. The van der Waals surface area contributed by atoms with Crippen LogP contribution in [0.3, 0.4) is 0 Å². The molecule has 1 amide bonds. The number of halogens is 2. The van der Waals surface area contributed by atoms with E-state index in [1.165, 1.54) is 13.3 Å². The Morgan fingerprint density at radius 2 is 1.81 bits per heavy atom. The fourth-order valence-electron chi connectivity index (χ4n) is 3.53. The van der Waals surface area contributed by atoms with Gasteiger partial charge in [-0.3, -0.25) is 9.69 Å². The molecule has 132 valence electrons. The second-order valence-corrected chi connectivity index (χ2v) is 7.08. The zero-order valence-corrected chi connectivity index (χ0v) is 15.5. The van der Waals surface area contributed by atoms with Crippen molar-refractivity contribution >= 4 is 35.1 Å². The summed E-state index contributed by atoms with van der Waals surface area (Å²) < 4.78 is 1.77.